The standard InChI is InChI=1S/C26H33N3O2/c1-24(31)7-5-16-15(9-24)3-4-18-17(16)6-8-25(2)21(18)20-22-23(20)26(22,25)19(30)13-29-12-14(10-27)11-28-29/h11-12,15-18,20-23,31H,3-9,13H2,1-2H3/t15-,16+,17-,18-,20?,21-,22-,23?,24-,25+,26?/m1/s1. The molecule has 0 aromatic carbocycles. The highest BCUT2D eigenvalue weighted by Gasteiger charge is 2.99. The number of nitriles is 1. The maximum atomic E-state index is 13.6. The first-order valence-electron chi connectivity index (χ1n) is 12.5. The fourth-order valence-corrected chi connectivity index (χ4v) is 10.5. The van der Waals surface area contributed by atoms with Gasteiger partial charge in [0.25, 0.3) is 0 Å². The van der Waals surface area contributed by atoms with E-state index in [1.54, 1.807) is 17.1 Å². The van der Waals surface area contributed by atoms with E-state index in [1.807, 2.05) is 6.92 Å². The number of nitrogens with zero attached hydrogens (tertiary/aromatic N) is 3. The van der Waals surface area contributed by atoms with Crippen molar-refractivity contribution in [2.75, 3.05) is 0 Å². The molecule has 1 N–H and O–H groups in total. The Morgan fingerprint density at radius 2 is 1.94 bits per heavy atom. The zero-order valence-corrected chi connectivity index (χ0v) is 18.6. The first kappa shape index (κ1) is 18.9. The zero-order chi connectivity index (χ0) is 21.3. The van der Waals surface area contributed by atoms with Crippen LogP contribution in [-0.2, 0) is 11.3 Å². The number of Topliss-reactive ketones (excluding diaryl/α,β-unsaturated/α-hetero) is 1. The van der Waals surface area contributed by atoms with Crippen molar-refractivity contribution in [1.82, 2.24) is 9.78 Å². The van der Waals surface area contributed by atoms with Gasteiger partial charge in [-0.25, -0.2) is 0 Å². The number of aliphatic hydroxyl groups is 1. The van der Waals surface area contributed by atoms with Gasteiger partial charge >= 0.3 is 0 Å². The Bertz CT molecular complexity index is 1010. The minimum atomic E-state index is -0.454. The predicted octanol–water partition coefficient (Wildman–Crippen LogP) is 3.81. The van der Waals surface area contributed by atoms with Crippen molar-refractivity contribution in [3.8, 4) is 6.07 Å². The molecule has 7 fully saturated rings. The molecule has 7 aliphatic carbocycles. The molecule has 3 unspecified atom stereocenters. The van der Waals surface area contributed by atoms with E-state index in [-0.39, 0.29) is 10.8 Å². The number of aromatic nitrogens is 2. The van der Waals surface area contributed by atoms with Crippen molar-refractivity contribution in [1.29, 1.82) is 5.26 Å². The first-order valence-corrected chi connectivity index (χ1v) is 12.5. The average molecular weight is 420 g/mol. The Kier molecular flexibility index (Phi) is 3.42. The molecular formula is C26H33N3O2. The number of rotatable bonds is 3. The molecule has 7 saturated carbocycles. The molecule has 0 spiro atoms. The molecular weight excluding hydrogens is 386 g/mol. The van der Waals surface area contributed by atoms with Crippen LogP contribution >= 0.6 is 0 Å². The van der Waals surface area contributed by atoms with Crippen molar-refractivity contribution in [2.45, 2.75) is 70.9 Å². The summed E-state index contributed by atoms with van der Waals surface area (Å²) in [6, 6.07) is 2.12. The van der Waals surface area contributed by atoms with E-state index < -0.39 is 5.60 Å². The summed E-state index contributed by atoms with van der Waals surface area (Å²) in [4.78, 5) is 13.6. The molecule has 11 atom stereocenters. The summed E-state index contributed by atoms with van der Waals surface area (Å²) in [7, 11) is 0. The van der Waals surface area contributed by atoms with E-state index in [2.05, 4.69) is 18.1 Å². The Morgan fingerprint density at radius 3 is 2.68 bits per heavy atom. The third-order valence-corrected chi connectivity index (χ3v) is 11.4. The third kappa shape index (κ3) is 2.12. The lowest BCUT2D eigenvalue weighted by Gasteiger charge is -2.56. The van der Waals surface area contributed by atoms with E-state index in [4.69, 9.17) is 5.26 Å². The molecule has 1 aromatic heterocycles. The largest absolute Gasteiger partial charge is 0.390 e. The molecule has 1 aromatic rings. The second-order valence-electron chi connectivity index (χ2n) is 12.5. The maximum absolute atomic E-state index is 13.6. The fourth-order valence-electron chi connectivity index (χ4n) is 10.5. The van der Waals surface area contributed by atoms with Crippen molar-refractivity contribution < 1.29 is 9.90 Å². The SMILES string of the molecule is C[C@@]1(O)CC[C@H]2[C@H](CC[C@@H]3[C@@H]2CC[C@@]2(C)[C@H]3C3C4[C@@H]3C42C(=O)Cn2cc(C#N)cn2)C1. The van der Waals surface area contributed by atoms with Gasteiger partial charge in [-0.1, -0.05) is 6.92 Å². The number of fused-ring (bicyclic) bond motifs is 3. The second-order valence-corrected chi connectivity index (χ2v) is 12.5. The van der Waals surface area contributed by atoms with Crippen LogP contribution in [0.25, 0.3) is 0 Å². The van der Waals surface area contributed by atoms with Crippen LogP contribution < -0.4 is 0 Å². The Hall–Kier alpha value is -1.67. The monoisotopic (exact) mass is 419 g/mol. The summed E-state index contributed by atoms with van der Waals surface area (Å²) in [5.41, 5.74) is 0.163. The van der Waals surface area contributed by atoms with Gasteiger partial charge in [-0.2, -0.15) is 10.4 Å². The van der Waals surface area contributed by atoms with Gasteiger partial charge < -0.3 is 5.11 Å². The topological polar surface area (TPSA) is 78.9 Å². The molecule has 0 aliphatic heterocycles. The van der Waals surface area contributed by atoms with Gasteiger partial charge in [0, 0.05) is 11.6 Å². The van der Waals surface area contributed by atoms with Crippen LogP contribution in [0.2, 0.25) is 0 Å². The molecule has 5 heteroatoms. The average Bonchev–Trinajstić information content (AvgIpc) is 3.50. The molecule has 0 radical (unpaired) electrons. The summed E-state index contributed by atoms with van der Waals surface area (Å²) >= 11 is 0. The summed E-state index contributed by atoms with van der Waals surface area (Å²) in [6.45, 7) is 4.84. The maximum Gasteiger partial charge on any atom is 0.161 e. The zero-order valence-electron chi connectivity index (χ0n) is 18.6. The predicted molar refractivity (Wildman–Crippen MR) is 113 cm³/mol. The van der Waals surface area contributed by atoms with Crippen molar-refractivity contribution in [2.24, 2.45) is 58.2 Å². The fraction of sp³-hybridized carbons (Fsp3) is 0.808. The van der Waals surface area contributed by atoms with E-state index in [1.165, 1.54) is 32.1 Å². The Labute approximate surface area is 184 Å². The first-order chi connectivity index (χ1) is 14.8. The van der Waals surface area contributed by atoms with Crippen LogP contribution in [-0.4, -0.2) is 26.3 Å². The quantitative estimate of drug-likeness (QED) is 0.808. The van der Waals surface area contributed by atoms with Gasteiger partial charge in [-0.05, 0) is 105 Å². The van der Waals surface area contributed by atoms with Crippen LogP contribution in [0, 0.1) is 69.5 Å². The minimum Gasteiger partial charge on any atom is -0.390 e. The minimum absolute atomic E-state index is 0.0842. The number of ketones is 1. The molecule has 5 nitrogen and oxygen atoms in total. The van der Waals surface area contributed by atoms with Crippen LogP contribution in [0.1, 0.15) is 64.4 Å². The molecule has 1 heterocycles. The van der Waals surface area contributed by atoms with Gasteiger partial charge in [-0.3, -0.25) is 9.48 Å². The van der Waals surface area contributed by atoms with Gasteiger partial charge in [0.05, 0.1) is 17.4 Å². The van der Waals surface area contributed by atoms with Crippen LogP contribution in [0.3, 0.4) is 0 Å². The number of carbonyl (C=O) groups is 1. The van der Waals surface area contributed by atoms with Gasteiger partial charge in [-0.15, -0.1) is 0 Å². The summed E-state index contributed by atoms with van der Waals surface area (Å²) < 4.78 is 1.68. The lowest BCUT2D eigenvalue weighted by molar-refractivity contribution is -0.136. The van der Waals surface area contributed by atoms with E-state index >= 15 is 0 Å². The van der Waals surface area contributed by atoms with Crippen molar-refractivity contribution >= 4 is 5.78 Å². The lowest BCUT2D eigenvalue weighted by Crippen LogP contribution is -2.51. The highest BCUT2D eigenvalue weighted by Crippen LogP contribution is 2.99. The third-order valence-electron chi connectivity index (χ3n) is 11.4. The second kappa shape index (κ2) is 5.63. The van der Waals surface area contributed by atoms with Gasteiger partial charge in [0.2, 0.25) is 0 Å². The molecule has 7 aliphatic rings. The Morgan fingerprint density at radius 1 is 1.16 bits per heavy atom. The number of hydrogen-bond acceptors (Lipinski definition) is 4. The van der Waals surface area contributed by atoms with Crippen LogP contribution in [0.15, 0.2) is 12.4 Å². The Balaban J connectivity index is 1.14. The molecule has 8 rings (SSSR count). The van der Waals surface area contributed by atoms with Gasteiger partial charge in [0.1, 0.15) is 12.6 Å². The highest BCUT2D eigenvalue weighted by molar-refractivity contribution is 5.93. The highest BCUT2D eigenvalue weighted by atomic mass is 16.3. The molecule has 0 saturated heterocycles. The lowest BCUT2D eigenvalue weighted by atomic mass is 9.49. The molecule has 31 heavy (non-hydrogen) atoms. The van der Waals surface area contributed by atoms with E-state index in [9.17, 15) is 9.90 Å². The molecule has 164 valence electrons. The molecule has 0 amide bonds. The summed E-state index contributed by atoms with van der Waals surface area (Å²) in [6.07, 6.45) is 11.5. The summed E-state index contributed by atoms with van der Waals surface area (Å²) in [5.74, 6) is 6.35. The van der Waals surface area contributed by atoms with Crippen LogP contribution in [0.4, 0.5) is 0 Å². The number of carbonyl (C=O) groups excluding carboxylic acids is 1. The van der Waals surface area contributed by atoms with E-state index in [0.717, 1.165) is 42.4 Å². The van der Waals surface area contributed by atoms with E-state index in [0.29, 0.717) is 35.6 Å². The normalized spacial score (nSPS) is 55.3. The van der Waals surface area contributed by atoms with Gasteiger partial charge in [0.15, 0.2) is 5.78 Å². The number of hydrogen-bond donors (Lipinski definition) is 1. The van der Waals surface area contributed by atoms with Crippen molar-refractivity contribution in [3.05, 3.63) is 18.0 Å². The smallest absolute Gasteiger partial charge is 0.161 e. The molecule has 2 bridgehead atoms. The van der Waals surface area contributed by atoms with Crippen LogP contribution in [0.5, 0.6) is 0 Å². The summed E-state index contributed by atoms with van der Waals surface area (Å²) in [5, 5.41) is 24.0. The van der Waals surface area contributed by atoms with Crippen molar-refractivity contribution in [3.63, 3.8) is 0 Å².